The first-order valence-corrected chi connectivity index (χ1v) is 8.74. The third-order valence-electron chi connectivity index (χ3n) is 4.66. The predicted octanol–water partition coefficient (Wildman–Crippen LogP) is 1.43. The highest BCUT2D eigenvalue weighted by atomic mass is 16.4. The molecule has 1 aliphatic heterocycles. The summed E-state index contributed by atoms with van der Waals surface area (Å²) in [6.07, 6.45) is 2.57. The van der Waals surface area contributed by atoms with E-state index in [0.29, 0.717) is 37.7 Å². The fourth-order valence-electron chi connectivity index (χ4n) is 3.40. The standard InChI is InChI=1S/C18H21N3O5/c22-15-10-9-14(17(25)19-15)21-13-7-4-3-6-12(13)20(18(21)26)11-5-1-2-8-16(23)24/h3-4,6-7,14H,1-2,5,8-11H2,(H,23,24)(H,19,22,25). The van der Waals surface area contributed by atoms with E-state index in [1.165, 1.54) is 4.57 Å². The lowest BCUT2D eigenvalue weighted by molar-refractivity contribution is -0.137. The normalized spacial score (nSPS) is 17.5. The number of aryl methyl sites for hydroxylation is 1. The molecule has 8 nitrogen and oxygen atoms in total. The number of fused-ring (bicyclic) bond motifs is 1. The number of amides is 2. The van der Waals surface area contributed by atoms with Gasteiger partial charge in [0.2, 0.25) is 11.8 Å². The smallest absolute Gasteiger partial charge is 0.329 e. The molecule has 8 heteroatoms. The zero-order chi connectivity index (χ0) is 18.7. The highest BCUT2D eigenvalue weighted by Crippen LogP contribution is 2.23. The number of carbonyl (C=O) groups excluding carboxylic acids is 2. The number of piperidine rings is 1. The molecule has 1 unspecified atom stereocenters. The number of nitrogens with zero attached hydrogens (tertiary/aromatic N) is 2. The van der Waals surface area contributed by atoms with Gasteiger partial charge in [0.15, 0.2) is 0 Å². The van der Waals surface area contributed by atoms with E-state index in [9.17, 15) is 19.2 Å². The first-order chi connectivity index (χ1) is 12.5. The third kappa shape index (κ3) is 3.54. The van der Waals surface area contributed by atoms with Crippen LogP contribution in [0.5, 0.6) is 0 Å². The first-order valence-electron chi connectivity index (χ1n) is 8.74. The number of para-hydroxylation sites is 2. The number of hydrogen-bond donors (Lipinski definition) is 2. The summed E-state index contributed by atoms with van der Waals surface area (Å²) in [5, 5.41) is 11.0. The molecular formula is C18H21N3O5. The van der Waals surface area contributed by atoms with Gasteiger partial charge in [-0.15, -0.1) is 0 Å². The van der Waals surface area contributed by atoms with Crippen molar-refractivity contribution in [1.29, 1.82) is 0 Å². The molecular weight excluding hydrogens is 338 g/mol. The van der Waals surface area contributed by atoms with Crippen LogP contribution in [0, 0.1) is 0 Å². The highest BCUT2D eigenvalue weighted by Gasteiger charge is 2.31. The summed E-state index contributed by atoms with van der Waals surface area (Å²) in [7, 11) is 0. The van der Waals surface area contributed by atoms with Gasteiger partial charge in [0.05, 0.1) is 11.0 Å². The molecule has 2 heterocycles. The fraction of sp³-hybridized carbons (Fsp3) is 0.444. The summed E-state index contributed by atoms with van der Waals surface area (Å²) in [6.45, 7) is 0.458. The van der Waals surface area contributed by atoms with E-state index >= 15 is 0 Å². The second-order valence-electron chi connectivity index (χ2n) is 6.46. The molecule has 0 aliphatic carbocycles. The summed E-state index contributed by atoms with van der Waals surface area (Å²) in [4.78, 5) is 47.1. The molecule has 2 N–H and O–H groups in total. The van der Waals surface area contributed by atoms with E-state index < -0.39 is 17.9 Å². The van der Waals surface area contributed by atoms with Gasteiger partial charge in [-0.2, -0.15) is 0 Å². The van der Waals surface area contributed by atoms with Crippen LogP contribution >= 0.6 is 0 Å². The van der Waals surface area contributed by atoms with Crippen molar-refractivity contribution >= 4 is 28.8 Å². The first kappa shape index (κ1) is 17.9. The molecule has 1 fully saturated rings. The molecule has 1 aromatic heterocycles. The second kappa shape index (κ2) is 7.55. The lowest BCUT2D eigenvalue weighted by atomic mass is 10.1. The maximum atomic E-state index is 13.0. The van der Waals surface area contributed by atoms with Gasteiger partial charge in [0.1, 0.15) is 6.04 Å². The largest absolute Gasteiger partial charge is 0.481 e. The van der Waals surface area contributed by atoms with Crippen molar-refractivity contribution in [3.8, 4) is 0 Å². The molecule has 1 aromatic carbocycles. The van der Waals surface area contributed by atoms with Crippen molar-refractivity contribution in [2.75, 3.05) is 0 Å². The van der Waals surface area contributed by atoms with E-state index in [4.69, 9.17) is 5.11 Å². The molecule has 26 heavy (non-hydrogen) atoms. The number of rotatable bonds is 7. The Morgan fingerprint density at radius 3 is 2.54 bits per heavy atom. The van der Waals surface area contributed by atoms with Gasteiger partial charge in [-0.3, -0.25) is 28.8 Å². The van der Waals surface area contributed by atoms with Gasteiger partial charge >= 0.3 is 11.7 Å². The number of aromatic nitrogens is 2. The number of aliphatic carboxylic acids is 1. The number of unbranched alkanes of at least 4 members (excludes halogenated alkanes) is 2. The van der Waals surface area contributed by atoms with Crippen LogP contribution in [0.1, 0.15) is 44.6 Å². The summed E-state index contributed by atoms with van der Waals surface area (Å²) >= 11 is 0. The Bertz CT molecular complexity index is 911. The number of imide groups is 1. The number of imidazole rings is 1. The summed E-state index contributed by atoms with van der Waals surface area (Å²) in [5.41, 5.74) is 1.12. The van der Waals surface area contributed by atoms with Crippen LogP contribution in [-0.4, -0.2) is 32.0 Å². The average molecular weight is 359 g/mol. The molecule has 1 aliphatic rings. The van der Waals surface area contributed by atoms with Crippen molar-refractivity contribution in [1.82, 2.24) is 14.5 Å². The summed E-state index contributed by atoms with van der Waals surface area (Å²) in [5.74, 6) is -1.59. The van der Waals surface area contributed by atoms with Gasteiger partial charge in [-0.1, -0.05) is 18.6 Å². The number of carbonyl (C=O) groups is 3. The van der Waals surface area contributed by atoms with E-state index in [1.54, 1.807) is 16.7 Å². The minimum atomic E-state index is -0.823. The highest BCUT2D eigenvalue weighted by molar-refractivity contribution is 6.00. The van der Waals surface area contributed by atoms with Crippen molar-refractivity contribution in [2.45, 2.75) is 51.1 Å². The maximum Gasteiger partial charge on any atom is 0.329 e. The molecule has 0 radical (unpaired) electrons. The van der Waals surface area contributed by atoms with Gasteiger partial charge < -0.3 is 5.11 Å². The third-order valence-corrected chi connectivity index (χ3v) is 4.66. The van der Waals surface area contributed by atoms with E-state index in [0.717, 1.165) is 5.52 Å². The minimum Gasteiger partial charge on any atom is -0.481 e. The Morgan fingerprint density at radius 1 is 1.12 bits per heavy atom. The molecule has 1 atom stereocenters. The Morgan fingerprint density at radius 2 is 1.85 bits per heavy atom. The van der Waals surface area contributed by atoms with Crippen molar-refractivity contribution in [2.24, 2.45) is 0 Å². The van der Waals surface area contributed by atoms with Gasteiger partial charge in [0, 0.05) is 19.4 Å². The quantitative estimate of drug-likeness (QED) is 0.574. The van der Waals surface area contributed by atoms with Crippen LogP contribution in [0.4, 0.5) is 0 Å². The molecule has 2 amide bonds. The molecule has 1 saturated heterocycles. The Hall–Kier alpha value is -2.90. The molecule has 0 bridgehead atoms. The van der Waals surface area contributed by atoms with Crippen LogP contribution in [0.3, 0.4) is 0 Å². The van der Waals surface area contributed by atoms with E-state index in [1.807, 2.05) is 12.1 Å². The maximum absolute atomic E-state index is 13.0. The van der Waals surface area contributed by atoms with Gasteiger partial charge in [0.25, 0.3) is 0 Å². The Balaban J connectivity index is 1.87. The van der Waals surface area contributed by atoms with Gasteiger partial charge in [-0.25, -0.2) is 4.79 Å². The zero-order valence-electron chi connectivity index (χ0n) is 14.3. The van der Waals surface area contributed by atoms with Crippen LogP contribution in [-0.2, 0) is 20.9 Å². The minimum absolute atomic E-state index is 0.118. The number of hydrogen-bond acceptors (Lipinski definition) is 4. The van der Waals surface area contributed by atoms with Crippen molar-refractivity contribution in [3.05, 3.63) is 34.7 Å². The van der Waals surface area contributed by atoms with E-state index in [2.05, 4.69) is 5.32 Å². The lowest BCUT2D eigenvalue weighted by Gasteiger charge is -2.21. The van der Waals surface area contributed by atoms with Crippen molar-refractivity contribution in [3.63, 3.8) is 0 Å². The Labute approximate surface area is 149 Å². The Kier molecular flexibility index (Phi) is 5.20. The summed E-state index contributed by atoms with van der Waals surface area (Å²) < 4.78 is 3.09. The monoisotopic (exact) mass is 359 g/mol. The SMILES string of the molecule is O=C(O)CCCCCn1c(=O)n(C2CCC(=O)NC2=O)c2ccccc21. The molecule has 0 spiro atoms. The van der Waals surface area contributed by atoms with Crippen LogP contribution in [0.25, 0.3) is 11.0 Å². The average Bonchev–Trinajstić information content (AvgIpc) is 2.87. The molecule has 3 rings (SSSR count). The topological polar surface area (TPSA) is 110 Å². The van der Waals surface area contributed by atoms with Crippen molar-refractivity contribution < 1.29 is 19.5 Å². The zero-order valence-corrected chi connectivity index (χ0v) is 14.3. The number of carboxylic acid groups (broad SMARTS) is 1. The number of nitrogens with one attached hydrogen (secondary N) is 1. The van der Waals surface area contributed by atoms with Gasteiger partial charge in [-0.05, 0) is 31.4 Å². The summed E-state index contributed by atoms with van der Waals surface area (Å²) in [6, 6.07) is 6.56. The predicted molar refractivity (Wildman–Crippen MR) is 93.7 cm³/mol. The van der Waals surface area contributed by atoms with E-state index in [-0.39, 0.29) is 24.4 Å². The molecule has 0 saturated carbocycles. The second-order valence-corrected chi connectivity index (χ2v) is 6.46. The van der Waals surface area contributed by atoms with Crippen LogP contribution in [0.15, 0.2) is 29.1 Å². The fourth-order valence-corrected chi connectivity index (χ4v) is 3.40. The van der Waals surface area contributed by atoms with Crippen LogP contribution < -0.4 is 11.0 Å². The van der Waals surface area contributed by atoms with Crippen LogP contribution in [0.2, 0.25) is 0 Å². The molecule has 138 valence electrons. The molecule has 2 aromatic rings. The number of benzene rings is 1. The number of carboxylic acids is 1. The lowest BCUT2D eigenvalue weighted by Crippen LogP contribution is -2.44.